The SMILES string of the molecule is CCC1CCC(CN)(N2CCSC(C)C2)C1. The molecule has 2 rings (SSSR count). The van der Waals surface area contributed by atoms with Gasteiger partial charge in [-0.25, -0.2) is 0 Å². The van der Waals surface area contributed by atoms with Crippen molar-refractivity contribution in [3.63, 3.8) is 0 Å². The third-order valence-electron chi connectivity index (χ3n) is 4.56. The van der Waals surface area contributed by atoms with Crippen molar-refractivity contribution < 1.29 is 0 Å². The van der Waals surface area contributed by atoms with Crippen LogP contribution in [0.25, 0.3) is 0 Å². The number of nitrogens with two attached hydrogens (primary N) is 1. The van der Waals surface area contributed by atoms with Crippen LogP contribution in [0.5, 0.6) is 0 Å². The molecule has 0 aromatic heterocycles. The fourth-order valence-corrected chi connectivity index (χ4v) is 4.43. The number of rotatable bonds is 3. The molecule has 0 radical (unpaired) electrons. The van der Waals surface area contributed by atoms with E-state index in [4.69, 9.17) is 5.73 Å². The number of hydrogen-bond donors (Lipinski definition) is 1. The molecule has 1 saturated carbocycles. The van der Waals surface area contributed by atoms with E-state index in [1.807, 2.05) is 0 Å². The Labute approximate surface area is 104 Å². The summed E-state index contributed by atoms with van der Waals surface area (Å²) in [6.07, 6.45) is 5.41. The lowest BCUT2D eigenvalue weighted by atomic mass is 9.92. The summed E-state index contributed by atoms with van der Waals surface area (Å²) < 4.78 is 0. The molecule has 16 heavy (non-hydrogen) atoms. The van der Waals surface area contributed by atoms with Crippen LogP contribution in [0.15, 0.2) is 0 Å². The second-order valence-electron chi connectivity index (χ2n) is 5.57. The largest absolute Gasteiger partial charge is 0.329 e. The van der Waals surface area contributed by atoms with Gasteiger partial charge < -0.3 is 5.73 Å². The molecular formula is C13H26N2S. The van der Waals surface area contributed by atoms with Gasteiger partial charge in [-0.1, -0.05) is 20.3 Å². The van der Waals surface area contributed by atoms with Gasteiger partial charge in [-0.05, 0) is 25.2 Å². The van der Waals surface area contributed by atoms with Crippen molar-refractivity contribution in [2.45, 2.75) is 50.3 Å². The van der Waals surface area contributed by atoms with Crippen LogP contribution in [-0.2, 0) is 0 Å². The predicted molar refractivity (Wildman–Crippen MR) is 72.9 cm³/mol. The fourth-order valence-electron chi connectivity index (χ4n) is 3.41. The third-order valence-corrected chi connectivity index (χ3v) is 5.69. The average molecular weight is 242 g/mol. The molecule has 94 valence electrons. The lowest BCUT2D eigenvalue weighted by Crippen LogP contribution is -2.56. The van der Waals surface area contributed by atoms with E-state index in [1.54, 1.807) is 0 Å². The fraction of sp³-hybridized carbons (Fsp3) is 1.00. The molecule has 2 aliphatic rings. The lowest BCUT2D eigenvalue weighted by molar-refractivity contribution is 0.100. The highest BCUT2D eigenvalue weighted by Gasteiger charge is 2.43. The van der Waals surface area contributed by atoms with Crippen LogP contribution in [0.3, 0.4) is 0 Å². The third kappa shape index (κ3) is 2.41. The van der Waals surface area contributed by atoms with Gasteiger partial charge in [-0.15, -0.1) is 0 Å². The lowest BCUT2D eigenvalue weighted by Gasteiger charge is -2.44. The van der Waals surface area contributed by atoms with E-state index in [-0.39, 0.29) is 0 Å². The van der Waals surface area contributed by atoms with Crippen molar-refractivity contribution in [3.8, 4) is 0 Å². The summed E-state index contributed by atoms with van der Waals surface area (Å²) >= 11 is 2.11. The van der Waals surface area contributed by atoms with Crippen LogP contribution < -0.4 is 5.73 Å². The van der Waals surface area contributed by atoms with Gasteiger partial charge in [-0.2, -0.15) is 11.8 Å². The van der Waals surface area contributed by atoms with Crippen LogP contribution in [0, 0.1) is 5.92 Å². The highest BCUT2D eigenvalue weighted by molar-refractivity contribution is 7.99. The normalized spacial score (nSPS) is 41.4. The van der Waals surface area contributed by atoms with E-state index in [2.05, 4.69) is 30.5 Å². The van der Waals surface area contributed by atoms with Crippen LogP contribution in [0.1, 0.15) is 39.5 Å². The smallest absolute Gasteiger partial charge is 0.0335 e. The van der Waals surface area contributed by atoms with Gasteiger partial charge in [0.25, 0.3) is 0 Å². The Bertz CT molecular complexity index is 234. The first-order valence-electron chi connectivity index (χ1n) is 6.77. The number of thioether (sulfide) groups is 1. The maximum Gasteiger partial charge on any atom is 0.0335 e. The summed E-state index contributed by atoms with van der Waals surface area (Å²) in [6.45, 7) is 8.04. The van der Waals surface area contributed by atoms with E-state index in [9.17, 15) is 0 Å². The molecule has 1 aliphatic heterocycles. The first-order chi connectivity index (χ1) is 7.70. The number of hydrogen-bond acceptors (Lipinski definition) is 3. The van der Waals surface area contributed by atoms with Gasteiger partial charge in [-0.3, -0.25) is 4.90 Å². The van der Waals surface area contributed by atoms with Gasteiger partial charge in [0, 0.05) is 36.2 Å². The minimum atomic E-state index is 0.357. The van der Waals surface area contributed by atoms with Gasteiger partial charge in [0.2, 0.25) is 0 Å². The Morgan fingerprint density at radius 1 is 1.50 bits per heavy atom. The first-order valence-corrected chi connectivity index (χ1v) is 7.82. The molecule has 0 aromatic carbocycles. The Hall–Kier alpha value is 0.270. The van der Waals surface area contributed by atoms with Crippen molar-refractivity contribution in [3.05, 3.63) is 0 Å². The Morgan fingerprint density at radius 2 is 2.31 bits per heavy atom. The zero-order valence-corrected chi connectivity index (χ0v) is 11.6. The van der Waals surface area contributed by atoms with E-state index >= 15 is 0 Å². The summed E-state index contributed by atoms with van der Waals surface area (Å²) in [4.78, 5) is 2.71. The zero-order valence-electron chi connectivity index (χ0n) is 10.7. The molecule has 2 nitrogen and oxygen atoms in total. The minimum Gasteiger partial charge on any atom is -0.329 e. The summed E-state index contributed by atoms with van der Waals surface area (Å²) in [5.41, 5.74) is 6.47. The predicted octanol–water partition coefficient (Wildman–Crippen LogP) is 2.33. The van der Waals surface area contributed by atoms with Gasteiger partial charge in [0.1, 0.15) is 0 Å². The maximum atomic E-state index is 6.11. The molecule has 3 heteroatoms. The number of nitrogens with zero attached hydrogens (tertiary/aromatic N) is 1. The van der Waals surface area contributed by atoms with Gasteiger partial charge >= 0.3 is 0 Å². The molecular weight excluding hydrogens is 216 g/mol. The summed E-state index contributed by atoms with van der Waals surface area (Å²) in [6, 6.07) is 0. The minimum absolute atomic E-state index is 0.357. The zero-order chi connectivity index (χ0) is 11.6. The van der Waals surface area contributed by atoms with E-state index in [0.717, 1.165) is 17.7 Å². The van der Waals surface area contributed by atoms with Crippen LogP contribution >= 0.6 is 11.8 Å². The second-order valence-corrected chi connectivity index (χ2v) is 7.12. The molecule has 2 fully saturated rings. The molecule has 0 amide bonds. The van der Waals surface area contributed by atoms with Crippen molar-refractivity contribution in [2.24, 2.45) is 11.7 Å². The molecule has 1 saturated heterocycles. The van der Waals surface area contributed by atoms with Gasteiger partial charge in [0.05, 0.1) is 0 Å². The summed E-state index contributed by atoms with van der Waals surface area (Å²) in [5, 5.41) is 0.790. The first kappa shape index (κ1) is 12.7. The van der Waals surface area contributed by atoms with E-state index < -0.39 is 0 Å². The highest BCUT2D eigenvalue weighted by Crippen LogP contribution is 2.41. The quantitative estimate of drug-likeness (QED) is 0.823. The van der Waals surface area contributed by atoms with Crippen LogP contribution in [0.4, 0.5) is 0 Å². The van der Waals surface area contributed by atoms with Gasteiger partial charge in [0.15, 0.2) is 0 Å². The molecule has 0 aromatic rings. The summed E-state index contributed by atoms with van der Waals surface area (Å²) in [7, 11) is 0. The maximum absolute atomic E-state index is 6.11. The van der Waals surface area contributed by atoms with Crippen molar-refractivity contribution >= 4 is 11.8 Å². The van der Waals surface area contributed by atoms with E-state index in [1.165, 1.54) is 44.5 Å². The molecule has 0 bridgehead atoms. The average Bonchev–Trinajstić information content (AvgIpc) is 2.74. The van der Waals surface area contributed by atoms with Crippen LogP contribution in [-0.4, -0.2) is 41.1 Å². The van der Waals surface area contributed by atoms with Crippen molar-refractivity contribution in [1.29, 1.82) is 0 Å². The van der Waals surface area contributed by atoms with Crippen molar-refractivity contribution in [1.82, 2.24) is 4.90 Å². The Balaban J connectivity index is 2.03. The second kappa shape index (κ2) is 5.28. The molecule has 1 heterocycles. The monoisotopic (exact) mass is 242 g/mol. The standard InChI is InChI=1S/C13H26N2S/c1-3-12-4-5-13(8-12,10-14)15-6-7-16-11(2)9-15/h11-12H,3-10,14H2,1-2H3. The van der Waals surface area contributed by atoms with Crippen molar-refractivity contribution in [2.75, 3.05) is 25.4 Å². The molecule has 1 aliphatic carbocycles. The summed E-state index contributed by atoms with van der Waals surface area (Å²) in [5.74, 6) is 2.22. The molecule has 3 unspecified atom stereocenters. The van der Waals surface area contributed by atoms with E-state index in [0.29, 0.717) is 5.54 Å². The molecule has 3 atom stereocenters. The Morgan fingerprint density at radius 3 is 2.88 bits per heavy atom. The van der Waals surface area contributed by atoms with Crippen LogP contribution in [0.2, 0.25) is 0 Å². The highest BCUT2D eigenvalue weighted by atomic mass is 32.2. The Kier molecular flexibility index (Phi) is 4.20. The molecule has 2 N–H and O–H groups in total. The topological polar surface area (TPSA) is 29.3 Å². The molecule has 0 spiro atoms.